The standard InChI is InChI=1S/C12H19N5O2S2/c1-12(2,3)15-9(19)14-8(18)6-20-11-17-16-10(21-11)13-7-4-5-7/h7H,4-6H2,1-3H3,(H,13,16)(H2,14,15,18,19). The number of carbonyl (C=O) groups is 2. The Bertz CT molecular complexity index is 522. The van der Waals surface area contributed by atoms with E-state index in [0.717, 1.165) is 5.13 Å². The van der Waals surface area contributed by atoms with E-state index in [0.29, 0.717) is 10.4 Å². The van der Waals surface area contributed by atoms with Gasteiger partial charge in [-0.05, 0) is 33.6 Å². The molecule has 3 amide bonds. The molecule has 3 N–H and O–H groups in total. The Morgan fingerprint density at radius 2 is 2.05 bits per heavy atom. The molecule has 116 valence electrons. The molecule has 1 fully saturated rings. The van der Waals surface area contributed by atoms with Crippen molar-refractivity contribution in [1.29, 1.82) is 0 Å². The summed E-state index contributed by atoms with van der Waals surface area (Å²) in [4.78, 5) is 23.2. The minimum atomic E-state index is -0.485. The predicted molar refractivity (Wildman–Crippen MR) is 83.7 cm³/mol. The van der Waals surface area contributed by atoms with Gasteiger partial charge in [0.05, 0.1) is 5.75 Å². The molecule has 0 atom stereocenters. The van der Waals surface area contributed by atoms with Gasteiger partial charge in [0.2, 0.25) is 11.0 Å². The van der Waals surface area contributed by atoms with E-state index in [4.69, 9.17) is 0 Å². The Kier molecular flexibility index (Phi) is 5.04. The summed E-state index contributed by atoms with van der Waals surface area (Å²) in [7, 11) is 0. The number of carbonyl (C=O) groups excluding carboxylic acids is 2. The van der Waals surface area contributed by atoms with Gasteiger partial charge in [-0.25, -0.2) is 4.79 Å². The van der Waals surface area contributed by atoms with Crippen LogP contribution >= 0.6 is 23.1 Å². The van der Waals surface area contributed by atoms with E-state index in [1.807, 2.05) is 20.8 Å². The van der Waals surface area contributed by atoms with Gasteiger partial charge in [-0.3, -0.25) is 10.1 Å². The maximum Gasteiger partial charge on any atom is 0.321 e. The van der Waals surface area contributed by atoms with Crippen LogP contribution in [0.25, 0.3) is 0 Å². The van der Waals surface area contributed by atoms with Crippen molar-refractivity contribution in [2.75, 3.05) is 11.1 Å². The van der Waals surface area contributed by atoms with Crippen LogP contribution in [0.5, 0.6) is 0 Å². The Hall–Kier alpha value is -1.35. The smallest absolute Gasteiger partial charge is 0.321 e. The predicted octanol–water partition coefficient (Wildman–Crippen LogP) is 1.83. The number of nitrogens with one attached hydrogen (secondary N) is 3. The molecule has 1 heterocycles. The highest BCUT2D eigenvalue weighted by Crippen LogP contribution is 2.29. The van der Waals surface area contributed by atoms with Crippen LogP contribution in [0, 0.1) is 0 Å². The minimum absolute atomic E-state index is 0.135. The molecule has 0 saturated heterocycles. The third kappa shape index (κ3) is 6.30. The van der Waals surface area contributed by atoms with Gasteiger partial charge in [0.1, 0.15) is 0 Å². The number of urea groups is 1. The molecule has 0 spiro atoms. The topological polar surface area (TPSA) is 96.0 Å². The van der Waals surface area contributed by atoms with E-state index < -0.39 is 6.03 Å². The second-order valence-electron chi connectivity index (χ2n) is 5.83. The maximum absolute atomic E-state index is 11.7. The molecule has 1 aliphatic carbocycles. The molecule has 1 saturated carbocycles. The molecule has 0 aromatic carbocycles. The lowest BCUT2D eigenvalue weighted by atomic mass is 10.1. The third-order valence-electron chi connectivity index (χ3n) is 2.38. The highest BCUT2D eigenvalue weighted by Gasteiger charge is 2.22. The van der Waals surface area contributed by atoms with Crippen LogP contribution in [0.15, 0.2) is 4.34 Å². The number of aromatic nitrogens is 2. The van der Waals surface area contributed by atoms with Crippen molar-refractivity contribution >= 4 is 40.2 Å². The molecule has 1 aromatic heterocycles. The second-order valence-corrected chi connectivity index (χ2v) is 8.03. The van der Waals surface area contributed by atoms with Gasteiger partial charge in [0.25, 0.3) is 0 Å². The van der Waals surface area contributed by atoms with Gasteiger partial charge in [-0.15, -0.1) is 10.2 Å². The lowest BCUT2D eigenvalue weighted by Crippen LogP contribution is -2.48. The molecule has 2 rings (SSSR count). The van der Waals surface area contributed by atoms with Crippen molar-refractivity contribution in [3.63, 3.8) is 0 Å². The lowest BCUT2D eigenvalue weighted by molar-refractivity contribution is -0.117. The van der Waals surface area contributed by atoms with Crippen molar-refractivity contribution in [3.05, 3.63) is 0 Å². The van der Waals surface area contributed by atoms with E-state index in [2.05, 4.69) is 26.1 Å². The number of nitrogens with zero attached hydrogens (tertiary/aromatic N) is 2. The number of hydrogen-bond acceptors (Lipinski definition) is 7. The number of rotatable bonds is 5. The molecule has 0 aliphatic heterocycles. The van der Waals surface area contributed by atoms with Crippen LogP contribution in [-0.4, -0.2) is 39.5 Å². The van der Waals surface area contributed by atoms with Crippen LogP contribution in [0.3, 0.4) is 0 Å². The Morgan fingerprint density at radius 3 is 2.67 bits per heavy atom. The SMILES string of the molecule is CC(C)(C)NC(=O)NC(=O)CSc1nnc(NC2CC2)s1. The van der Waals surface area contributed by atoms with E-state index in [-0.39, 0.29) is 17.2 Å². The maximum atomic E-state index is 11.7. The summed E-state index contributed by atoms with van der Waals surface area (Å²) in [5.41, 5.74) is -0.375. The van der Waals surface area contributed by atoms with E-state index in [1.54, 1.807) is 0 Å². The highest BCUT2D eigenvalue weighted by atomic mass is 32.2. The van der Waals surface area contributed by atoms with Gasteiger partial charge in [-0.2, -0.15) is 0 Å². The fourth-order valence-corrected chi connectivity index (χ4v) is 3.02. The van der Waals surface area contributed by atoms with Crippen LogP contribution in [0.2, 0.25) is 0 Å². The molecule has 0 unspecified atom stereocenters. The normalized spacial score (nSPS) is 14.6. The monoisotopic (exact) mass is 329 g/mol. The zero-order valence-electron chi connectivity index (χ0n) is 12.2. The van der Waals surface area contributed by atoms with Crippen LogP contribution < -0.4 is 16.0 Å². The summed E-state index contributed by atoms with van der Waals surface area (Å²) >= 11 is 2.69. The molecule has 1 aliphatic rings. The van der Waals surface area contributed by atoms with Gasteiger partial charge in [0, 0.05) is 11.6 Å². The molecule has 0 radical (unpaired) electrons. The summed E-state index contributed by atoms with van der Waals surface area (Å²) < 4.78 is 0.713. The van der Waals surface area contributed by atoms with Crippen LogP contribution in [0.4, 0.5) is 9.93 Å². The number of anilines is 1. The molecular weight excluding hydrogens is 310 g/mol. The zero-order valence-corrected chi connectivity index (χ0v) is 13.9. The largest absolute Gasteiger partial charge is 0.357 e. The quantitative estimate of drug-likeness (QED) is 0.713. The number of thioether (sulfide) groups is 1. The Labute approximate surface area is 131 Å². The van der Waals surface area contributed by atoms with Crippen molar-refractivity contribution in [2.24, 2.45) is 0 Å². The first kappa shape index (κ1) is 16.0. The fourth-order valence-electron chi connectivity index (χ4n) is 1.39. The van der Waals surface area contributed by atoms with Gasteiger partial charge in [0.15, 0.2) is 4.34 Å². The van der Waals surface area contributed by atoms with Gasteiger partial charge >= 0.3 is 6.03 Å². The first-order chi connectivity index (χ1) is 9.82. The number of amides is 3. The molecule has 7 nitrogen and oxygen atoms in total. The van der Waals surface area contributed by atoms with Gasteiger partial charge in [-0.1, -0.05) is 23.1 Å². The second kappa shape index (κ2) is 6.61. The first-order valence-electron chi connectivity index (χ1n) is 6.67. The third-order valence-corrected chi connectivity index (χ3v) is 4.37. The molecule has 9 heteroatoms. The average molecular weight is 329 g/mol. The summed E-state index contributed by atoms with van der Waals surface area (Å²) in [6, 6.07) is 0.0432. The molecule has 21 heavy (non-hydrogen) atoms. The fraction of sp³-hybridized carbons (Fsp3) is 0.667. The van der Waals surface area contributed by atoms with Crippen molar-refractivity contribution in [2.45, 2.75) is 49.5 Å². The zero-order chi connectivity index (χ0) is 15.5. The average Bonchev–Trinajstić information content (AvgIpc) is 3.02. The van der Waals surface area contributed by atoms with Crippen LogP contribution in [-0.2, 0) is 4.79 Å². The van der Waals surface area contributed by atoms with Crippen molar-refractivity contribution in [3.8, 4) is 0 Å². The van der Waals surface area contributed by atoms with E-state index >= 15 is 0 Å². The molecule has 0 bridgehead atoms. The van der Waals surface area contributed by atoms with Crippen molar-refractivity contribution in [1.82, 2.24) is 20.8 Å². The Balaban J connectivity index is 1.70. The summed E-state index contributed by atoms with van der Waals surface area (Å²) in [6.07, 6.45) is 2.35. The van der Waals surface area contributed by atoms with Crippen LogP contribution in [0.1, 0.15) is 33.6 Å². The Morgan fingerprint density at radius 1 is 1.33 bits per heavy atom. The summed E-state index contributed by atoms with van der Waals surface area (Å²) in [5.74, 6) is -0.219. The first-order valence-corrected chi connectivity index (χ1v) is 8.47. The van der Waals surface area contributed by atoms with Gasteiger partial charge < -0.3 is 10.6 Å². The lowest BCUT2D eigenvalue weighted by Gasteiger charge is -2.20. The van der Waals surface area contributed by atoms with E-state index in [9.17, 15) is 9.59 Å². The minimum Gasteiger partial charge on any atom is -0.357 e. The van der Waals surface area contributed by atoms with Crippen molar-refractivity contribution < 1.29 is 9.59 Å². The number of imide groups is 1. The number of hydrogen-bond donors (Lipinski definition) is 3. The summed E-state index contributed by atoms with van der Waals surface area (Å²) in [5, 5.41) is 17.0. The van der Waals surface area contributed by atoms with E-state index in [1.165, 1.54) is 35.9 Å². The molecule has 1 aromatic rings. The highest BCUT2D eigenvalue weighted by molar-refractivity contribution is 8.01. The molecular formula is C12H19N5O2S2. The summed E-state index contributed by atoms with van der Waals surface area (Å²) in [6.45, 7) is 5.55.